The molecule has 0 N–H and O–H groups in total. The van der Waals surface area contributed by atoms with E-state index in [0.29, 0.717) is 11.5 Å². The summed E-state index contributed by atoms with van der Waals surface area (Å²) in [6, 6.07) is 13.5. The van der Waals surface area contributed by atoms with Crippen LogP contribution in [0.1, 0.15) is 31.4 Å². The fourth-order valence-corrected chi connectivity index (χ4v) is 2.44. The SMILES string of the molecule is C=C(CC(=O)OC(C)C(=O)Oc1ccc(C)cc1)C(=O)OC(C)C(=O)Oc1ccc(C)cc1. The maximum atomic E-state index is 12.1. The molecular weight excluding hydrogens is 428 g/mol. The van der Waals surface area contributed by atoms with Crippen molar-refractivity contribution in [3.63, 3.8) is 0 Å². The fraction of sp³-hybridized carbons (Fsp3) is 0.280. The van der Waals surface area contributed by atoms with Gasteiger partial charge in [-0.3, -0.25) is 4.79 Å². The zero-order valence-electron chi connectivity index (χ0n) is 19.0. The number of benzene rings is 2. The second-order valence-corrected chi connectivity index (χ2v) is 7.43. The number of rotatable bonds is 9. The molecule has 0 spiro atoms. The Bertz CT molecular complexity index is 1020. The Balaban J connectivity index is 1.78. The first-order valence-electron chi connectivity index (χ1n) is 10.2. The van der Waals surface area contributed by atoms with Crippen LogP contribution in [-0.2, 0) is 28.7 Å². The van der Waals surface area contributed by atoms with Crippen molar-refractivity contribution in [3.8, 4) is 11.5 Å². The van der Waals surface area contributed by atoms with Crippen LogP contribution in [0.3, 0.4) is 0 Å². The highest BCUT2D eigenvalue weighted by molar-refractivity contribution is 5.95. The maximum Gasteiger partial charge on any atom is 0.352 e. The predicted molar refractivity (Wildman–Crippen MR) is 118 cm³/mol. The molecule has 0 aliphatic heterocycles. The van der Waals surface area contributed by atoms with Gasteiger partial charge in [0, 0.05) is 5.57 Å². The van der Waals surface area contributed by atoms with Gasteiger partial charge in [-0.15, -0.1) is 0 Å². The number of ether oxygens (including phenoxy) is 4. The van der Waals surface area contributed by atoms with Crippen molar-refractivity contribution in [2.45, 2.75) is 46.3 Å². The van der Waals surface area contributed by atoms with Crippen molar-refractivity contribution in [1.29, 1.82) is 0 Å². The van der Waals surface area contributed by atoms with Gasteiger partial charge in [0.15, 0.2) is 12.2 Å². The number of hydrogen-bond donors (Lipinski definition) is 0. The standard InChI is InChI=1S/C25H26O8/c1-15-6-10-20(11-7-15)32-24(28)18(4)30-22(26)14-17(3)23(27)31-19(5)25(29)33-21-12-8-16(2)9-13-21/h6-13,18-19H,3,14H2,1-2,4-5H3. The highest BCUT2D eigenvalue weighted by Gasteiger charge is 2.25. The van der Waals surface area contributed by atoms with E-state index in [2.05, 4.69) is 6.58 Å². The molecule has 2 aromatic carbocycles. The van der Waals surface area contributed by atoms with Gasteiger partial charge in [0.2, 0.25) is 0 Å². The summed E-state index contributed by atoms with van der Waals surface area (Å²) in [6.07, 6.45) is -2.96. The van der Waals surface area contributed by atoms with E-state index in [1.54, 1.807) is 48.5 Å². The summed E-state index contributed by atoms with van der Waals surface area (Å²) in [7, 11) is 0. The monoisotopic (exact) mass is 454 g/mol. The largest absolute Gasteiger partial charge is 0.450 e. The van der Waals surface area contributed by atoms with Gasteiger partial charge >= 0.3 is 23.9 Å². The molecule has 8 heteroatoms. The van der Waals surface area contributed by atoms with E-state index in [-0.39, 0.29) is 5.57 Å². The number of esters is 4. The predicted octanol–water partition coefficient (Wildman–Crippen LogP) is 3.62. The first kappa shape index (κ1) is 25.3. The second kappa shape index (κ2) is 11.6. The van der Waals surface area contributed by atoms with Crippen LogP contribution in [0.25, 0.3) is 0 Å². The van der Waals surface area contributed by atoms with Gasteiger partial charge in [-0.2, -0.15) is 0 Å². The fourth-order valence-electron chi connectivity index (χ4n) is 2.44. The molecule has 174 valence electrons. The van der Waals surface area contributed by atoms with Gasteiger partial charge < -0.3 is 18.9 Å². The molecule has 0 saturated heterocycles. The molecule has 0 aliphatic rings. The minimum Gasteiger partial charge on any atom is -0.450 e. The molecule has 2 unspecified atom stereocenters. The average Bonchev–Trinajstić information content (AvgIpc) is 2.76. The molecule has 0 heterocycles. The van der Waals surface area contributed by atoms with Gasteiger partial charge in [0.05, 0.1) is 6.42 Å². The molecule has 33 heavy (non-hydrogen) atoms. The number of carbonyl (C=O) groups is 4. The van der Waals surface area contributed by atoms with Gasteiger partial charge in [-0.1, -0.05) is 42.0 Å². The van der Waals surface area contributed by atoms with E-state index in [1.807, 2.05) is 13.8 Å². The first-order valence-corrected chi connectivity index (χ1v) is 10.2. The molecule has 0 fully saturated rings. The molecule has 0 bridgehead atoms. The van der Waals surface area contributed by atoms with E-state index >= 15 is 0 Å². The zero-order chi connectivity index (χ0) is 24.5. The number of carbonyl (C=O) groups excluding carboxylic acids is 4. The lowest BCUT2D eigenvalue weighted by atomic mass is 10.2. The highest BCUT2D eigenvalue weighted by Crippen LogP contribution is 2.15. The number of hydrogen-bond acceptors (Lipinski definition) is 8. The molecule has 0 saturated carbocycles. The summed E-state index contributed by atoms with van der Waals surface area (Å²) in [4.78, 5) is 48.4. The van der Waals surface area contributed by atoms with Crippen molar-refractivity contribution in [2.75, 3.05) is 0 Å². The summed E-state index contributed by atoms with van der Waals surface area (Å²) in [5.41, 5.74) is 1.75. The average molecular weight is 454 g/mol. The van der Waals surface area contributed by atoms with Crippen LogP contribution in [0.5, 0.6) is 11.5 Å². The van der Waals surface area contributed by atoms with Crippen molar-refractivity contribution >= 4 is 23.9 Å². The van der Waals surface area contributed by atoms with E-state index in [0.717, 1.165) is 11.1 Å². The van der Waals surface area contributed by atoms with Crippen LogP contribution in [0.4, 0.5) is 0 Å². The molecule has 2 atom stereocenters. The quantitative estimate of drug-likeness (QED) is 0.321. The van der Waals surface area contributed by atoms with Crippen LogP contribution in [0, 0.1) is 13.8 Å². The van der Waals surface area contributed by atoms with Gasteiger partial charge in [0.1, 0.15) is 11.5 Å². The minimum absolute atomic E-state index is 0.242. The molecular formula is C25H26O8. The smallest absolute Gasteiger partial charge is 0.352 e. The lowest BCUT2D eigenvalue weighted by Gasteiger charge is -2.15. The molecule has 0 aliphatic carbocycles. The normalized spacial score (nSPS) is 12.1. The third-order valence-electron chi connectivity index (χ3n) is 4.38. The lowest BCUT2D eigenvalue weighted by Crippen LogP contribution is -2.30. The van der Waals surface area contributed by atoms with E-state index in [1.165, 1.54) is 13.8 Å². The Hall–Kier alpha value is -3.94. The zero-order valence-corrected chi connectivity index (χ0v) is 19.0. The van der Waals surface area contributed by atoms with Crippen LogP contribution in [-0.4, -0.2) is 36.1 Å². The van der Waals surface area contributed by atoms with Crippen molar-refractivity contribution in [2.24, 2.45) is 0 Å². The number of aryl methyl sites for hydroxylation is 2. The Labute approximate surface area is 192 Å². The lowest BCUT2D eigenvalue weighted by molar-refractivity contribution is -0.162. The molecule has 0 radical (unpaired) electrons. The summed E-state index contributed by atoms with van der Waals surface area (Å²) >= 11 is 0. The van der Waals surface area contributed by atoms with Gasteiger partial charge in [-0.25, -0.2) is 14.4 Å². The van der Waals surface area contributed by atoms with E-state index in [4.69, 9.17) is 18.9 Å². The van der Waals surface area contributed by atoms with Crippen LogP contribution < -0.4 is 9.47 Å². The van der Waals surface area contributed by atoms with Crippen molar-refractivity contribution in [3.05, 3.63) is 71.8 Å². The van der Waals surface area contributed by atoms with Crippen LogP contribution >= 0.6 is 0 Å². The third kappa shape index (κ3) is 8.25. The minimum atomic E-state index is -1.23. The topological polar surface area (TPSA) is 105 Å². The van der Waals surface area contributed by atoms with Crippen LogP contribution in [0.2, 0.25) is 0 Å². The summed E-state index contributed by atoms with van der Waals surface area (Å²) in [5, 5.41) is 0. The highest BCUT2D eigenvalue weighted by atomic mass is 16.6. The Morgan fingerprint density at radius 1 is 0.727 bits per heavy atom. The van der Waals surface area contributed by atoms with E-state index < -0.39 is 42.5 Å². The third-order valence-corrected chi connectivity index (χ3v) is 4.38. The Morgan fingerprint density at radius 2 is 1.12 bits per heavy atom. The first-order chi connectivity index (χ1) is 15.5. The summed E-state index contributed by atoms with van der Waals surface area (Å²) in [6.45, 7) is 9.95. The van der Waals surface area contributed by atoms with Crippen molar-refractivity contribution < 1.29 is 38.1 Å². The van der Waals surface area contributed by atoms with Gasteiger partial charge in [0.25, 0.3) is 0 Å². The molecule has 0 amide bonds. The maximum absolute atomic E-state index is 12.1. The Morgan fingerprint density at radius 3 is 1.55 bits per heavy atom. The molecule has 2 rings (SSSR count). The molecule has 8 nitrogen and oxygen atoms in total. The van der Waals surface area contributed by atoms with Gasteiger partial charge in [-0.05, 0) is 52.0 Å². The molecule has 0 aromatic heterocycles. The van der Waals surface area contributed by atoms with E-state index in [9.17, 15) is 19.2 Å². The second-order valence-electron chi connectivity index (χ2n) is 7.43. The Kier molecular flexibility index (Phi) is 8.91. The summed E-state index contributed by atoms with van der Waals surface area (Å²) in [5.74, 6) is -2.77. The summed E-state index contributed by atoms with van der Waals surface area (Å²) < 4.78 is 20.3. The molecule has 2 aromatic rings. The van der Waals surface area contributed by atoms with Crippen molar-refractivity contribution in [1.82, 2.24) is 0 Å². The van der Waals surface area contributed by atoms with Crippen LogP contribution in [0.15, 0.2) is 60.7 Å².